The van der Waals surface area contributed by atoms with E-state index < -0.39 is 0 Å². The van der Waals surface area contributed by atoms with Crippen LogP contribution in [0.15, 0.2) is 12.4 Å². The molecule has 0 aromatic carbocycles. The van der Waals surface area contributed by atoms with Gasteiger partial charge in [-0.2, -0.15) is 0 Å². The van der Waals surface area contributed by atoms with Crippen LogP contribution in [0.3, 0.4) is 0 Å². The first-order valence-electron chi connectivity index (χ1n) is 5.62. The van der Waals surface area contributed by atoms with Gasteiger partial charge in [-0.3, -0.25) is 0 Å². The standard InChI is InChI=1S/C11H18N4O/c1-15(7-9-2-4-16-5-3-9)11-6-10(12)13-8-14-11/h6,8-9H,2-5,7H2,1H3,(H2,12,13,14). The van der Waals surface area contributed by atoms with E-state index >= 15 is 0 Å². The average Bonchev–Trinajstić information content (AvgIpc) is 2.30. The molecule has 88 valence electrons. The first-order chi connectivity index (χ1) is 7.75. The van der Waals surface area contributed by atoms with E-state index in [9.17, 15) is 0 Å². The van der Waals surface area contributed by atoms with Crippen molar-refractivity contribution < 1.29 is 4.74 Å². The minimum absolute atomic E-state index is 0.517. The molecule has 1 saturated heterocycles. The third-order valence-corrected chi connectivity index (χ3v) is 2.94. The Morgan fingerprint density at radius 3 is 2.88 bits per heavy atom. The zero-order valence-electron chi connectivity index (χ0n) is 9.59. The maximum Gasteiger partial charge on any atom is 0.133 e. The first kappa shape index (κ1) is 11.1. The summed E-state index contributed by atoms with van der Waals surface area (Å²) in [6, 6.07) is 1.80. The molecule has 1 fully saturated rings. The number of aromatic nitrogens is 2. The molecule has 2 N–H and O–H groups in total. The zero-order valence-corrected chi connectivity index (χ0v) is 9.59. The number of nitrogens with zero attached hydrogens (tertiary/aromatic N) is 3. The highest BCUT2D eigenvalue weighted by Crippen LogP contribution is 2.18. The van der Waals surface area contributed by atoms with Gasteiger partial charge in [0.15, 0.2) is 0 Å². The van der Waals surface area contributed by atoms with Gasteiger partial charge in [0, 0.05) is 32.9 Å². The van der Waals surface area contributed by atoms with Gasteiger partial charge in [-0.25, -0.2) is 9.97 Å². The highest BCUT2D eigenvalue weighted by molar-refractivity contribution is 5.45. The molecule has 1 aromatic heterocycles. The minimum Gasteiger partial charge on any atom is -0.384 e. The van der Waals surface area contributed by atoms with Crippen LogP contribution in [-0.2, 0) is 4.74 Å². The molecule has 16 heavy (non-hydrogen) atoms. The van der Waals surface area contributed by atoms with Gasteiger partial charge in [0.1, 0.15) is 18.0 Å². The lowest BCUT2D eigenvalue weighted by Crippen LogP contribution is -2.30. The molecule has 5 nitrogen and oxygen atoms in total. The second-order valence-electron chi connectivity index (χ2n) is 4.24. The molecule has 0 unspecified atom stereocenters. The maximum absolute atomic E-state index is 5.63. The van der Waals surface area contributed by atoms with Gasteiger partial charge < -0.3 is 15.4 Å². The Kier molecular flexibility index (Phi) is 3.56. The summed E-state index contributed by atoms with van der Waals surface area (Å²) in [6.07, 6.45) is 3.76. The molecule has 0 bridgehead atoms. The second kappa shape index (κ2) is 5.12. The largest absolute Gasteiger partial charge is 0.384 e. The summed E-state index contributed by atoms with van der Waals surface area (Å²) in [5.74, 6) is 2.10. The molecular weight excluding hydrogens is 204 g/mol. The van der Waals surface area contributed by atoms with Gasteiger partial charge in [-0.05, 0) is 18.8 Å². The number of hydrogen-bond acceptors (Lipinski definition) is 5. The van der Waals surface area contributed by atoms with Gasteiger partial charge in [0.05, 0.1) is 0 Å². The van der Waals surface area contributed by atoms with Crippen LogP contribution in [0.1, 0.15) is 12.8 Å². The number of nitrogens with two attached hydrogens (primary N) is 1. The van der Waals surface area contributed by atoms with Gasteiger partial charge >= 0.3 is 0 Å². The SMILES string of the molecule is CN(CC1CCOCC1)c1cc(N)ncn1. The van der Waals surface area contributed by atoms with Crippen molar-refractivity contribution >= 4 is 11.6 Å². The molecule has 2 rings (SSSR count). The van der Waals surface area contributed by atoms with Crippen molar-refractivity contribution in [1.29, 1.82) is 0 Å². The molecule has 1 aliphatic rings. The van der Waals surface area contributed by atoms with Crippen LogP contribution >= 0.6 is 0 Å². The van der Waals surface area contributed by atoms with E-state index in [-0.39, 0.29) is 0 Å². The summed E-state index contributed by atoms with van der Waals surface area (Å²) < 4.78 is 5.34. The van der Waals surface area contributed by atoms with Gasteiger partial charge in [-0.15, -0.1) is 0 Å². The second-order valence-corrected chi connectivity index (χ2v) is 4.24. The lowest BCUT2D eigenvalue weighted by atomic mass is 10.00. The lowest BCUT2D eigenvalue weighted by molar-refractivity contribution is 0.0685. The van der Waals surface area contributed by atoms with Crippen LogP contribution in [0.4, 0.5) is 11.6 Å². The normalized spacial score (nSPS) is 17.3. The van der Waals surface area contributed by atoms with Crippen molar-refractivity contribution in [1.82, 2.24) is 9.97 Å². The fraction of sp³-hybridized carbons (Fsp3) is 0.636. The van der Waals surface area contributed by atoms with E-state index in [4.69, 9.17) is 10.5 Å². The van der Waals surface area contributed by atoms with E-state index in [1.54, 1.807) is 6.07 Å². The van der Waals surface area contributed by atoms with Crippen molar-refractivity contribution in [3.05, 3.63) is 12.4 Å². The lowest BCUT2D eigenvalue weighted by Gasteiger charge is -2.27. The quantitative estimate of drug-likeness (QED) is 0.824. The van der Waals surface area contributed by atoms with Crippen molar-refractivity contribution in [2.45, 2.75) is 12.8 Å². The average molecular weight is 222 g/mol. The summed E-state index contributed by atoms with van der Waals surface area (Å²) in [5, 5.41) is 0. The molecule has 0 saturated carbocycles. The Morgan fingerprint density at radius 1 is 1.44 bits per heavy atom. The van der Waals surface area contributed by atoms with Gasteiger partial charge in [-0.1, -0.05) is 0 Å². The molecule has 0 spiro atoms. The summed E-state index contributed by atoms with van der Waals surface area (Å²) >= 11 is 0. The summed E-state index contributed by atoms with van der Waals surface area (Å²) in [6.45, 7) is 2.76. The number of hydrogen-bond donors (Lipinski definition) is 1. The van der Waals surface area contributed by atoms with Crippen LogP contribution in [0.25, 0.3) is 0 Å². The van der Waals surface area contributed by atoms with E-state index in [0.29, 0.717) is 11.7 Å². The Morgan fingerprint density at radius 2 is 2.19 bits per heavy atom. The van der Waals surface area contributed by atoms with E-state index in [2.05, 4.69) is 14.9 Å². The Balaban J connectivity index is 1.94. The first-order valence-corrected chi connectivity index (χ1v) is 5.62. The molecule has 1 aromatic rings. The Labute approximate surface area is 95.6 Å². The number of nitrogen functional groups attached to an aromatic ring is 1. The summed E-state index contributed by atoms with van der Waals surface area (Å²) in [5.41, 5.74) is 5.63. The maximum atomic E-state index is 5.63. The predicted molar refractivity (Wildman–Crippen MR) is 63.3 cm³/mol. The smallest absolute Gasteiger partial charge is 0.133 e. The topological polar surface area (TPSA) is 64.3 Å². The Bertz CT molecular complexity index is 339. The highest BCUT2D eigenvalue weighted by Gasteiger charge is 2.16. The molecule has 1 aliphatic heterocycles. The Hall–Kier alpha value is -1.36. The number of anilines is 2. The number of ether oxygens (including phenoxy) is 1. The van der Waals surface area contributed by atoms with Crippen molar-refractivity contribution in [3.8, 4) is 0 Å². The fourth-order valence-corrected chi connectivity index (χ4v) is 1.98. The van der Waals surface area contributed by atoms with Crippen molar-refractivity contribution in [2.75, 3.05) is 37.4 Å². The molecule has 0 atom stereocenters. The highest BCUT2D eigenvalue weighted by atomic mass is 16.5. The molecular formula is C11H18N4O. The van der Waals surface area contributed by atoms with Crippen LogP contribution in [-0.4, -0.2) is 36.8 Å². The molecule has 5 heteroatoms. The van der Waals surface area contributed by atoms with Crippen molar-refractivity contribution in [3.63, 3.8) is 0 Å². The molecule has 0 aliphatic carbocycles. The number of rotatable bonds is 3. The van der Waals surface area contributed by atoms with Gasteiger partial charge in [0.2, 0.25) is 0 Å². The monoisotopic (exact) mass is 222 g/mol. The van der Waals surface area contributed by atoms with Gasteiger partial charge in [0.25, 0.3) is 0 Å². The third kappa shape index (κ3) is 2.82. The van der Waals surface area contributed by atoms with E-state index in [1.807, 2.05) is 7.05 Å². The third-order valence-electron chi connectivity index (χ3n) is 2.94. The molecule has 0 radical (unpaired) electrons. The van der Waals surface area contributed by atoms with Crippen molar-refractivity contribution in [2.24, 2.45) is 5.92 Å². The molecule has 0 amide bonds. The van der Waals surface area contributed by atoms with E-state index in [1.165, 1.54) is 6.33 Å². The van der Waals surface area contributed by atoms with E-state index in [0.717, 1.165) is 38.4 Å². The molecule has 2 heterocycles. The van der Waals surface area contributed by atoms with Crippen LogP contribution in [0.5, 0.6) is 0 Å². The van der Waals surface area contributed by atoms with Crippen LogP contribution < -0.4 is 10.6 Å². The fourth-order valence-electron chi connectivity index (χ4n) is 1.98. The summed E-state index contributed by atoms with van der Waals surface area (Å²) in [4.78, 5) is 10.2. The zero-order chi connectivity index (χ0) is 11.4. The van der Waals surface area contributed by atoms with Crippen LogP contribution in [0, 0.1) is 5.92 Å². The van der Waals surface area contributed by atoms with Crippen LogP contribution in [0.2, 0.25) is 0 Å². The predicted octanol–water partition coefficient (Wildman–Crippen LogP) is 0.922. The summed E-state index contributed by atoms with van der Waals surface area (Å²) in [7, 11) is 2.04. The minimum atomic E-state index is 0.517.